The molecular weight excluding hydrogens is 424 g/mol. The Bertz CT molecular complexity index is 1330. The summed E-state index contributed by atoms with van der Waals surface area (Å²) < 4.78 is 6.92. The fourth-order valence-corrected chi connectivity index (χ4v) is 3.45. The summed E-state index contributed by atoms with van der Waals surface area (Å²) in [6.07, 6.45) is 0. The van der Waals surface area contributed by atoms with Crippen LogP contribution < -0.4 is 16.6 Å². The van der Waals surface area contributed by atoms with Gasteiger partial charge in [0.05, 0.1) is 28.3 Å². The number of hydrogen-bond acceptors (Lipinski definition) is 6. The van der Waals surface area contributed by atoms with Crippen molar-refractivity contribution in [2.24, 2.45) is 7.05 Å². The number of aryl methyl sites for hydroxylation is 3. The number of nitrogens with zero attached hydrogens (tertiary/aromatic N) is 3. The summed E-state index contributed by atoms with van der Waals surface area (Å²) in [5.41, 5.74) is 0.185. The lowest BCUT2D eigenvalue weighted by Crippen LogP contribution is -2.42. The SMILES string of the molecule is CCOC(=O)c1cc(C)nc2c1c(=O)n(CC(=O)Nc1ccc(C)cc1Cl)c(=O)n2C. The Hall–Kier alpha value is -3.46. The summed E-state index contributed by atoms with van der Waals surface area (Å²) in [5, 5.41) is 2.83. The van der Waals surface area contributed by atoms with Gasteiger partial charge in [0.25, 0.3) is 5.56 Å². The van der Waals surface area contributed by atoms with Crippen LogP contribution in [0.1, 0.15) is 28.5 Å². The van der Waals surface area contributed by atoms with Crippen LogP contribution in [0.15, 0.2) is 33.9 Å². The second kappa shape index (κ2) is 8.73. The maximum absolute atomic E-state index is 13.1. The van der Waals surface area contributed by atoms with Crippen molar-refractivity contribution < 1.29 is 14.3 Å². The zero-order valence-corrected chi connectivity index (χ0v) is 18.2. The van der Waals surface area contributed by atoms with Crippen molar-refractivity contribution in [2.45, 2.75) is 27.3 Å². The molecule has 2 aromatic heterocycles. The molecule has 0 aliphatic carbocycles. The molecule has 2 heterocycles. The van der Waals surface area contributed by atoms with E-state index >= 15 is 0 Å². The van der Waals surface area contributed by atoms with Gasteiger partial charge in [-0.1, -0.05) is 17.7 Å². The van der Waals surface area contributed by atoms with Crippen LogP contribution in [0, 0.1) is 13.8 Å². The predicted octanol–water partition coefficient (Wildman–Crippen LogP) is 2.18. The van der Waals surface area contributed by atoms with Crippen LogP contribution in [0.5, 0.6) is 0 Å². The Morgan fingerprint density at radius 1 is 1.19 bits per heavy atom. The average Bonchev–Trinajstić information content (AvgIpc) is 2.71. The largest absolute Gasteiger partial charge is 0.462 e. The number of pyridine rings is 1. The number of fused-ring (bicyclic) bond motifs is 1. The number of ether oxygens (including phenoxy) is 1. The van der Waals surface area contributed by atoms with Gasteiger partial charge in [-0.3, -0.25) is 18.7 Å². The van der Waals surface area contributed by atoms with Gasteiger partial charge in [-0.2, -0.15) is 0 Å². The zero-order valence-electron chi connectivity index (χ0n) is 17.5. The van der Waals surface area contributed by atoms with E-state index in [4.69, 9.17) is 16.3 Å². The third-order valence-corrected chi connectivity index (χ3v) is 4.93. The lowest BCUT2D eigenvalue weighted by atomic mass is 10.1. The first-order valence-corrected chi connectivity index (χ1v) is 9.86. The Morgan fingerprint density at radius 2 is 1.90 bits per heavy atom. The van der Waals surface area contributed by atoms with Gasteiger partial charge in [-0.05, 0) is 44.5 Å². The summed E-state index contributed by atoms with van der Waals surface area (Å²) in [4.78, 5) is 55.1. The van der Waals surface area contributed by atoms with Crippen molar-refractivity contribution in [2.75, 3.05) is 11.9 Å². The molecule has 3 rings (SSSR count). The minimum Gasteiger partial charge on any atom is -0.462 e. The molecule has 3 aromatic rings. The van der Waals surface area contributed by atoms with Crippen molar-refractivity contribution in [3.8, 4) is 0 Å². The molecule has 0 bridgehead atoms. The molecule has 0 saturated carbocycles. The quantitative estimate of drug-likeness (QED) is 0.603. The van der Waals surface area contributed by atoms with Gasteiger partial charge in [0, 0.05) is 12.7 Å². The van der Waals surface area contributed by atoms with E-state index in [1.165, 1.54) is 13.1 Å². The molecule has 0 aliphatic heterocycles. The smallest absolute Gasteiger partial charge is 0.339 e. The van der Waals surface area contributed by atoms with Gasteiger partial charge < -0.3 is 10.1 Å². The van der Waals surface area contributed by atoms with Crippen LogP contribution >= 0.6 is 11.6 Å². The number of nitrogens with one attached hydrogen (secondary N) is 1. The van der Waals surface area contributed by atoms with Crippen LogP contribution in [0.4, 0.5) is 5.69 Å². The standard InChI is InChI=1S/C21H21ClN4O5/c1-5-31-20(29)13-9-12(3)23-18-17(13)19(28)26(21(30)25(18)4)10-16(27)24-15-7-6-11(2)8-14(15)22/h6-9H,5,10H2,1-4H3,(H,24,27). The number of esters is 1. The van der Waals surface area contributed by atoms with E-state index in [1.54, 1.807) is 32.0 Å². The maximum Gasteiger partial charge on any atom is 0.339 e. The van der Waals surface area contributed by atoms with Crippen LogP contribution in [-0.2, 0) is 23.1 Å². The summed E-state index contributed by atoms with van der Waals surface area (Å²) in [6.45, 7) is 4.68. The first-order valence-electron chi connectivity index (χ1n) is 9.48. The summed E-state index contributed by atoms with van der Waals surface area (Å²) in [5.74, 6) is -1.33. The molecule has 0 saturated heterocycles. The van der Waals surface area contributed by atoms with E-state index < -0.39 is 29.7 Å². The molecule has 9 nitrogen and oxygen atoms in total. The molecule has 0 radical (unpaired) electrons. The third kappa shape index (κ3) is 4.36. The van der Waals surface area contributed by atoms with Gasteiger partial charge in [0.2, 0.25) is 5.91 Å². The molecule has 0 fully saturated rings. The second-order valence-electron chi connectivity index (χ2n) is 6.99. The molecule has 1 N–H and O–H groups in total. The molecule has 0 aliphatic rings. The van der Waals surface area contributed by atoms with Crippen LogP contribution in [0.2, 0.25) is 5.02 Å². The van der Waals surface area contributed by atoms with E-state index in [9.17, 15) is 19.2 Å². The van der Waals surface area contributed by atoms with Gasteiger partial charge in [-0.25, -0.2) is 14.6 Å². The predicted molar refractivity (Wildman–Crippen MR) is 117 cm³/mol. The molecule has 1 amide bonds. The summed E-state index contributed by atoms with van der Waals surface area (Å²) >= 11 is 6.13. The highest BCUT2D eigenvalue weighted by atomic mass is 35.5. The Morgan fingerprint density at radius 3 is 2.55 bits per heavy atom. The van der Waals surface area contributed by atoms with Crippen molar-refractivity contribution in [1.82, 2.24) is 14.1 Å². The fraction of sp³-hybridized carbons (Fsp3) is 0.286. The molecule has 162 valence electrons. The van der Waals surface area contributed by atoms with Crippen molar-refractivity contribution in [1.29, 1.82) is 0 Å². The topological polar surface area (TPSA) is 112 Å². The number of aromatic nitrogens is 3. The highest BCUT2D eigenvalue weighted by molar-refractivity contribution is 6.33. The zero-order chi connectivity index (χ0) is 22.9. The normalized spacial score (nSPS) is 10.9. The fourth-order valence-electron chi connectivity index (χ4n) is 3.17. The summed E-state index contributed by atoms with van der Waals surface area (Å²) in [6, 6.07) is 6.49. The first kappa shape index (κ1) is 22.2. The Kier molecular flexibility index (Phi) is 6.26. The van der Waals surface area contributed by atoms with E-state index in [2.05, 4.69) is 10.3 Å². The number of benzene rings is 1. The lowest BCUT2D eigenvalue weighted by molar-refractivity contribution is -0.116. The average molecular weight is 445 g/mol. The lowest BCUT2D eigenvalue weighted by Gasteiger charge is -2.13. The number of hydrogen-bond donors (Lipinski definition) is 1. The summed E-state index contributed by atoms with van der Waals surface area (Å²) in [7, 11) is 1.41. The Balaban J connectivity index is 2.10. The maximum atomic E-state index is 13.1. The minimum atomic E-state index is -0.807. The van der Waals surface area contributed by atoms with Gasteiger partial charge >= 0.3 is 11.7 Å². The van der Waals surface area contributed by atoms with Gasteiger partial charge in [0.1, 0.15) is 12.2 Å². The first-order chi connectivity index (χ1) is 14.6. The number of anilines is 1. The van der Waals surface area contributed by atoms with Gasteiger partial charge in [0.15, 0.2) is 0 Å². The number of carbonyl (C=O) groups excluding carboxylic acids is 2. The van der Waals surface area contributed by atoms with E-state index in [1.807, 2.05) is 6.92 Å². The van der Waals surface area contributed by atoms with Crippen LogP contribution in [0.25, 0.3) is 11.0 Å². The highest BCUT2D eigenvalue weighted by Gasteiger charge is 2.22. The van der Waals surface area contributed by atoms with E-state index in [-0.39, 0.29) is 23.2 Å². The second-order valence-corrected chi connectivity index (χ2v) is 7.40. The molecule has 31 heavy (non-hydrogen) atoms. The molecule has 0 spiro atoms. The molecular formula is C21H21ClN4O5. The van der Waals surface area contributed by atoms with Crippen molar-refractivity contribution >= 4 is 40.2 Å². The minimum absolute atomic E-state index is 0.0133. The number of amides is 1. The van der Waals surface area contributed by atoms with E-state index in [0.29, 0.717) is 16.4 Å². The molecule has 1 aromatic carbocycles. The van der Waals surface area contributed by atoms with Crippen LogP contribution in [-0.4, -0.2) is 32.6 Å². The number of carbonyl (C=O) groups is 2. The van der Waals surface area contributed by atoms with Gasteiger partial charge in [-0.15, -0.1) is 0 Å². The van der Waals surface area contributed by atoms with Crippen molar-refractivity contribution in [3.05, 3.63) is 66.9 Å². The third-order valence-electron chi connectivity index (χ3n) is 4.62. The Labute approximate surface area is 182 Å². The number of halogens is 1. The van der Waals surface area contributed by atoms with E-state index in [0.717, 1.165) is 14.7 Å². The van der Waals surface area contributed by atoms with Crippen molar-refractivity contribution in [3.63, 3.8) is 0 Å². The van der Waals surface area contributed by atoms with Crippen LogP contribution in [0.3, 0.4) is 0 Å². The number of rotatable bonds is 5. The highest BCUT2D eigenvalue weighted by Crippen LogP contribution is 2.22. The molecule has 0 atom stereocenters. The molecule has 0 unspecified atom stereocenters. The molecule has 10 heteroatoms. The monoisotopic (exact) mass is 444 g/mol.